The molecule has 114 valence electrons. The number of benzene rings is 1. The number of aryl methyl sites for hydroxylation is 2. The summed E-state index contributed by atoms with van der Waals surface area (Å²) < 4.78 is 1.05. The van der Waals surface area contributed by atoms with Crippen LogP contribution in [0.25, 0.3) is 0 Å². The van der Waals surface area contributed by atoms with Gasteiger partial charge in [0.25, 0.3) is 0 Å². The van der Waals surface area contributed by atoms with Crippen LogP contribution in [0, 0.1) is 13.8 Å². The van der Waals surface area contributed by atoms with Crippen molar-refractivity contribution in [2.45, 2.75) is 39.7 Å². The highest BCUT2D eigenvalue weighted by Crippen LogP contribution is 2.30. The van der Waals surface area contributed by atoms with Crippen LogP contribution in [-0.4, -0.2) is 11.5 Å². The van der Waals surface area contributed by atoms with Crippen LogP contribution in [-0.2, 0) is 6.42 Å². The largest absolute Gasteiger partial charge is 0.310 e. The first-order valence-electron chi connectivity index (χ1n) is 7.12. The number of thiazole rings is 1. The van der Waals surface area contributed by atoms with Crippen LogP contribution in [0.3, 0.4) is 0 Å². The summed E-state index contributed by atoms with van der Waals surface area (Å²) >= 11 is 11.7. The second kappa shape index (κ2) is 7.73. The first-order valence-corrected chi connectivity index (χ1v) is 9.11. The molecule has 1 heterocycles. The fourth-order valence-electron chi connectivity index (χ4n) is 2.19. The van der Waals surface area contributed by atoms with Gasteiger partial charge in [0.05, 0.1) is 10.7 Å². The molecule has 0 aliphatic heterocycles. The third-order valence-corrected chi connectivity index (χ3v) is 5.36. The van der Waals surface area contributed by atoms with Crippen molar-refractivity contribution in [3.8, 4) is 0 Å². The Hall–Kier alpha value is -0.420. The van der Waals surface area contributed by atoms with Gasteiger partial charge in [0.1, 0.15) is 0 Å². The van der Waals surface area contributed by atoms with E-state index in [4.69, 9.17) is 11.6 Å². The normalized spacial score (nSPS) is 12.6. The molecular formula is C16H20BrClN2S. The topological polar surface area (TPSA) is 24.9 Å². The molecule has 2 nitrogen and oxygen atoms in total. The van der Waals surface area contributed by atoms with Crippen LogP contribution in [0.15, 0.2) is 22.7 Å². The Morgan fingerprint density at radius 1 is 1.38 bits per heavy atom. The van der Waals surface area contributed by atoms with E-state index in [1.165, 1.54) is 4.88 Å². The third-order valence-electron chi connectivity index (χ3n) is 3.43. The molecule has 0 fully saturated rings. The standard InChI is InChI=1S/C16H20BrClN2S/c1-4-7-19-15(9-16-20-10(2)11(3)21-16)13-8-12(17)5-6-14(13)18/h5-6,8,15,19H,4,7,9H2,1-3H3. The quantitative estimate of drug-likeness (QED) is 0.712. The zero-order valence-corrected chi connectivity index (χ0v) is 15.7. The molecule has 0 bridgehead atoms. The summed E-state index contributed by atoms with van der Waals surface area (Å²) in [7, 11) is 0. The van der Waals surface area contributed by atoms with Gasteiger partial charge in [0.15, 0.2) is 0 Å². The van der Waals surface area contributed by atoms with E-state index >= 15 is 0 Å². The summed E-state index contributed by atoms with van der Waals surface area (Å²) in [6.07, 6.45) is 1.97. The summed E-state index contributed by atoms with van der Waals surface area (Å²) in [4.78, 5) is 5.95. The summed E-state index contributed by atoms with van der Waals surface area (Å²) in [6, 6.07) is 6.21. The van der Waals surface area contributed by atoms with Crippen molar-refractivity contribution in [3.05, 3.63) is 48.8 Å². The number of hydrogen-bond donors (Lipinski definition) is 1. The predicted molar refractivity (Wildman–Crippen MR) is 95.5 cm³/mol. The zero-order chi connectivity index (χ0) is 15.4. The average Bonchev–Trinajstić information content (AvgIpc) is 2.76. The molecule has 0 aliphatic carbocycles. The maximum atomic E-state index is 6.39. The van der Waals surface area contributed by atoms with E-state index in [1.54, 1.807) is 11.3 Å². The Labute approximate surface area is 144 Å². The number of nitrogens with one attached hydrogen (secondary N) is 1. The summed E-state index contributed by atoms with van der Waals surface area (Å²) in [5.74, 6) is 0. The number of aromatic nitrogens is 1. The van der Waals surface area contributed by atoms with Gasteiger partial charge in [-0.1, -0.05) is 34.5 Å². The van der Waals surface area contributed by atoms with E-state index in [0.717, 1.165) is 45.1 Å². The Bertz CT molecular complexity index is 593. The predicted octanol–water partition coefficient (Wildman–Crippen LogP) is 5.46. The second-order valence-electron chi connectivity index (χ2n) is 5.13. The molecule has 1 unspecified atom stereocenters. The van der Waals surface area contributed by atoms with Crippen LogP contribution < -0.4 is 5.32 Å². The summed E-state index contributed by atoms with van der Waals surface area (Å²) in [5.41, 5.74) is 2.26. The molecule has 2 rings (SSSR count). The van der Waals surface area contributed by atoms with Crippen molar-refractivity contribution < 1.29 is 0 Å². The van der Waals surface area contributed by atoms with Crippen LogP contribution in [0.4, 0.5) is 0 Å². The van der Waals surface area contributed by atoms with Gasteiger partial charge in [-0.2, -0.15) is 0 Å². The molecule has 1 atom stereocenters. The van der Waals surface area contributed by atoms with E-state index in [0.29, 0.717) is 0 Å². The van der Waals surface area contributed by atoms with Gasteiger partial charge in [-0.15, -0.1) is 11.3 Å². The number of hydrogen-bond acceptors (Lipinski definition) is 3. The second-order valence-corrected chi connectivity index (χ2v) is 7.74. The lowest BCUT2D eigenvalue weighted by Gasteiger charge is -2.19. The van der Waals surface area contributed by atoms with Gasteiger partial charge in [-0.25, -0.2) is 4.98 Å². The minimum Gasteiger partial charge on any atom is -0.310 e. The summed E-state index contributed by atoms with van der Waals surface area (Å²) in [5, 5.41) is 5.56. The van der Waals surface area contributed by atoms with E-state index in [-0.39, 0.29) is 6.04 Å². The zero-order valence-electron chi connectivity index (χ0n) is 12.5. The Kier molecular flexibility index (Phi) is 6.23. The Morgan fingerprint density at radius 3 is 2.76 bits per heavy atom. The first kappa shape index (κ1) is 16.9. The molecule has 0 aliphatic rings. The van der Waals surface area contributed by atoms with Gasteiger partial charge < -0.3 is 5.32 Å². The maximum Gasteiger partial charge on any atom is 0.0949 e. The highest BCUT2D eigenvalue weighted by atomic mass is 79.9. The minimum absolute atomic E-state index is 0.194. The average molecular weight is 388 g/mol. The molecule has 0 saturated heterocycles. The molecule has 0 amide bonds. The van der Waals surface area contributed by atoms with E-state index in [9.17, 15) is 0 Å². The lowest BCUT2D eigenvalue weighted by molar-refractivity contribution is 0.528. The maximum absolute atomic E-state index is 6.39. The molecule has 5 heteroatoms. The molecule has 2 aromatic rings. The van der Waals surface area contributed by atoms with Crippen molar-refractivity contribution in [2.24, 2.45) is 0 Å². The van der Waals surface area contributed by atoms with E-state index < -0.39 is 0 Å². The smallest absolute Gasteiger partial charge is 0.0949 e. The molecule has 1 N–H and O–H groups in total. The SMILES string of the molecule is CCCNC(Cc1nc(C)c(C)s1)c1cc(Br)ccc1Cl. The van der Waals surface area contributed by atoms with Crippen molar-refractivity contribution >= 4 is 38.9 Å². The Balaban J connectivity index is 2.27. The Morgan fingerprint density at radius 2 is 2.14 bits per heavy atom. The lowest BCUT2D eigenvalue weighted by atomic mass is 10.0. The van der Waals surface area contributed by atoms with Crippen LogP contribution in [0.5, 0.6) is 0 Å². The third kappa shape index (κ3) is 4.52. The van der Waals surface area contributed by atoms with E-state index in [2.05, 4.69) is 53.1 Å². The fraction of sp³-hybridized carbons (Fsp3) is 0.438. The van der Waals surface area contributed by atoms with Gasteiger partial charge in [-0.05, 0) is 50.6 Å². The molecule has 1 aromatic carbocycles. The molecule has 0 radical (unpaired) electrons. The van der Waals surface area contributed by atoms with Gasteiger partial charge >= 0.3 is 0 Å². The molecular weight excluding hydrogens is 368 g/mol. The van der Waals surface area contributed by atoms with Crippen LogP contribution in [0.2, 0.25) is 5.02 Å². The highest BCUT2D eigenvalue weighted by molar-refractivity contribution is 9.10. The van der Waals surface area contributed by atoms with E-state index in [1.807, 2.05) is 12.1 Å². The number of rotatable bonds is 6. The van der Waals surface area contributed by atoms with Crippen LogP contribution in [0.1, 0.15) is 40.5 Å². The summed E-state index contributed by atoms with van der Waals surface area (Å²) in [6.45, 7) is 7.33. The molecule has 0 saturated carbocycles. The van der Waals surface area contributed by atoms with Gasteiger partial charge in [0, 0.05) is 26.8 Å². The van der Waals surface area contributed by atoms with Crippen molar-refractivity contribution in [2.75, 3.05) is 6.54 Å². The highest BCUT2D eigenvalue weighted by Gasteiger charge is 2.17. The molecule has 0 spiro atoms. The van der Waals surface area contributed by atoms with Crippen LogP contribution >= 0.6 is 38.9 Å². The lowest BCUT2D eigenvalue weighted by Crippen LogP contribution is -2.24. The van der Waals surface area contributed by atoms with Crippen molar-refractivity contribution in [3.63, 3.8) is 0 Å². The fourth-order valence-corrected chi connectivity index (χ4v) is 3.80. The molecule has 21 heavy (non-hydrogen) atoms. The molecule has 1 aromatic heterocycles. The number of nitrogens with zero attached hydrogens (tertiary/aromatic N) is 1. The van der Waals surface area contributed by atoms with Gasteiger partial charge in [0.2, 0.25) is 0 Å². The van der Waals surface area contributed by atoms with Gasteiger partial charge in [-0.3, -0.25) is 0 Å². The number of halogens is 2. The van der Waals surface area contributed by atoms with Crippen molar-refractivity contribution in [1.29, 1.82) is 0 Å². The minimum atomic E-state index is 0.194. The van der Waals surface area contributed by atoms with Crippen molar-refractivity contribution in [1.82, 2.24) is 10.3 Å². The first-order chi connectivity index (χ1) is 10.0. The monoisotopic (exact) mass is 386 g/mol.